The van der Waals surface area contributed by atoms with Crippen molar-refractivity contribution in [1.82, 2.24) is 4.98 Å². The number of aromatic nitrogens is 1. The molecule has 0 saturated heterocycles. The van der Waals surface area contributed by atoms with Crippen LogP contribution in [0.15, 0.2) is 51.9 Å². The summed E-state index contributed by atoms with van der Waals surface area (Å²) >= 11 is 1.46. The van der Waals surface area contributed by atoms with Gasteiger partial charge in [0.2, 0.25) is 5.43 Å². The lowest BCUT2D eigenvalue weighted by molar-refractivity contribution is -0.134. The minimum Gasteiger partial charge on any atom is -0.463 e. The molecule has 0 atom stereocenters. The molecule has 1 aliphatic carbocycles. The lowest BCUT2D eigenvalue weighted by Crippen LogP contribution is -2.11. The van der Waals surface area contributed by atoms with E-state index in [0.29, 0.717) is 45.2 Å². The van der Waals surface area contributed by atoms with Crippen LogP contribution in [0.3, 0.4) is 0 Å². The van der Waals surface area contributed by atoms with Crippen LogP contribution in [0.4, 0.5) is 0 Å². The molecule has 2 heterocycles. The molecule has 1 fully saturated rings. The molecule has 158 valence electrons. The van der Waals surface area contributed by atoms with E-state index >= 15 is 0 Å². The third-order valence-corrected chi connectivity index (χ3v) is 7.19. The Bertz CT molecular complexity index is 1300. The number of ether oxygens (including phenoxy) is 1. The quantitative estimate of drug-likeness (QED) is 0.275. The van der Waals surface area contributed by atoms with E-state index in [1.165, 1.54) is 43.3 Å². The molecule has 0 amide bonds. The van der Waals surface area contributed by atoms with Crippen LogP contribution in [0.1, 0.15) is 44.1 Å². The zero-order valence-electron chi connectivity index (χ0n) is 17.3. The van der Waals surface area contributed by atoms with Crippen LogP contribution in [0, 0.1) is 12.8 Å². The number of fused-ring (bicyclic) bond motifs is 2. The van der Waals surface area contributed by atoms with E-state index in [4.69, 9.17) is 9.15 Å². The molecule has 5 nitrogen and oxygen atoms in total. The fourth-order valence-electron chi connectivity index (χ4n) is 4.36. The summed E-state index contributed by atoms with van der Waals surface area (Å²) in [4.78, 5) is 30.0. The van der Waals surface area contributed by atoms with Gasteiger partial charge < -0.3 is 9.15 Å². The highest BCUT2D eigenvalue weighted by atomic mass is 32.1. The van der Waals surface area contributed by atoms with Gasteiger partial charge in [0.15, 0.2) is 0 Å². The van der Waals surface area contributed by atoms with Crippen LogP contribution in [0.5, 0.6) is 5.75 Å². The van der Waals surface area contributed by atoms with E-state index in [-0.39, 0.29) is 11.4 Å². The van der Waals surface area contributed by atoms with Crippen LogP contribution in [0.25, 0.3) is 31.8 Å². The minimum atomic E-state index is -0.234. The largest absolute Gasteiger partial charge is 0.463 e. The van der Waals surface area contributed by atoms with E-state index in [9.17, 15) is 9.59 Å². The Hall–Kier alpha value is -2.99. The summed E-state index contributed by atoms with van der Waals surface area (Å²) in [6, 6.07) is 11.1. The van der Waals surface area contributed by atoms with Crippen molar-refractivity contribution in [3.05, 3.63) is 58.4 Å². The highest BCUT2D eigenvalue weighted by Crippen LogP contribution is 2.32. The average Bonchev–Trinajstić information content (AvgIpc) is 3.44. The number of thiazole rings is 1. The van der Waals surface area contributed by atoms with Crippen LogP contribution >= 0.6 is 11.3 Å². The number of rotatable bonds is 5. The first kappa shape index (κ1) is 19.9. The second kappa shape index (κ2) is 8.27. The number of carbonyl (C=O) groups is 1. The molecule has 2 aromatic heterocycles. The summed E-state index contributed by atoms with van der Waals surface area (Å²) < 4.78 is 12.5. The molecule has 1 saturated carbocycles. The van der Waals surface area contributed by atoms with Gasteiger partial charge in [0.05, 0.1) is 21.2 Å². The molecule has 31 heavy (non-hydrogen) atoms. The molecule has 1 aliphatic rings. The number of carbonyl (C=O) groups excluding carboxylic acids is 1. The standard InChI is InChI=1S/C25H23NO4S/c1-15-20(30-22(27)13-10-16-6-2-3-7-16)12-11-17-23(28)18(14-29-24(15)17)25-26-19-8-4-5-9-21(19)31-25/h4-5,8-9,11-12,14,16H,2-3,6-7,10,13H2,1H3. The molecule has 0 spiro atoms. The van der Waals surface area contributed by atoms with Crippen molar-refractivity contribution in [1.29, 1.82) is 0 Å². The van der Waals surface area contributed by atoms with Crippen LogP contribution in [-0.4, -0.2) is 11.0 Å². The Labute approximate surface area is 183 Å². The molecular weight excluding hydrogens is 410 g/mol. The normalized spacial score (nSPS) is 14.5. The molecule has 0 unspecified atom stereocenters. The van der Waals surface area contributed by atoms with Crippen molar-refractivity contribution >= 4 is 38.5 Å². The molecule has 2 aromatic carbocycles. The molecule has 4 aromatic rings. The molecule has 0 aliphatic heterocycles. The summed E-state index contributed by atoms with van der Waals surface area (Å²) in [5.74, 6) is 0.854. The summed E-state index contributed by atoms with van der Waals surface area (Å²) in [6.45, 7) is 1.81. The summed E-state index contributed by atoms with van der Waals surface area (Å²) in [5.41, 5.74) is 2.26. The summed E-state index contributed by atoms with van der Waals surface area (Å²) in [6.07, 6.45) is 7.72. The number of hydrogen-bond donors (Lipinski definition) is 0. The number of hydrogen-bond acceptors (Lipinski definition) is 6. The zero-order chi connectivity index (χ0) is 21.4. The van der Waals surface area contributed by atoms with Gasteiger partial charge in [-0.05, 0) is 43.5 Å². The molecule has 0 bridgehead atoms. The fraction of sp³-hybridized carbons (Fsp3) is 0.320. The molecule has 0 radical (unpaired) electrons. The Morgan fingerprint density at radius 2 is 2.00 bits per heavy atom. The molecule has 6 heteroatoms. The van der Waals surface area contributed by atoms with Crippen molar-refractivity contribution in [2.24, 2.45) is 5.92 Å². The molecule has 5 rings (SSSR count). The number of nitrogens with zero attached hydrogens (tertiary/aromatic N) is 1. The predicted octanol–water partition coefficient (Wildman–Crippen LogP) is 6.25. The second-order valence-electron chi connectivity index (χ2n) is 8.19. The smallest absolute Gasteiger partial charge is 0.311 e. The van der Waals surface area contributed by atoms with Crippen LogP contribution < -0.4 is 10.2 Å². The first-order valence-corrected chi connectivity index (χ1v) is 11.5. The first-order valence-electron chi connectivity index (χ1n) is 10.7. The monoisotopic (exact) mass is 433 g/mol. The number of aryl methyl sites for hydroxylation is 1. The van der Waals surface area contributed by atoms with Gasteiger partial charge in [-0.1, -0.05) is 37.8 Å². The Morgan fingerprint density at radius 1 is 1.19 bits per heavy atom. The maximum atomic E-state index is 13.1. The van der Waals surface area contributed by atoms with Gasteiger partial charge in [-0.3, -0.25) is 9.59 Å². The number of esters is 1. The third kappa shape index (κ3) is 3.88. The third-order valence-electron chi connectivity index (χ3n) is 6.12. The van der Waals surface area contributed by atoms with Crippen molar-refractivity contribution in [3.8, 4) is 16.3 Å². The van der Waals surface area contributed by atoms with Gasteiger partial charge >= 0.3 is 5.97 Å². The van der Waals surface area contributed by atoms with Crippen molar-refractivity contribution in [2.75, 3.05) is 0 Å². The minimum absolute atomic E-state index is 0.137. The maximum absolute atomic E-state index is 13.1. The van der Waals surface area contributed by atoms with Gasteiger partial charge in [0, 0.05) is 12.0 Å². The summed E-state index contributed by atoms with van der Waals surface area (Å²) in [7, 11) is 0. The zero-order valence-corrected chi connectivity index (χ0v) is 18.2. The van der Waals surface area contributed by atoms with Gasteiger partial charge in [-0.2, -0.15) is 0 Å². The van der Waals surface area contributed by atoms with Crippen LogP contribution in [-0.2, 0) is 4.79 Å². The molecule has 0 N–H and O–H groups in total. The van der Waals surface area contributed by atoms with Gasteiger partial charge in [-0.15, -0.1) is 11.3 Å². The van der Waals surface area contributed by atoms with Crippen molar-refractivity contribution in [3.63, 3.8) is 0 Å². The number of benzene rings is 2. The number of para-hydroxylation sites is 1. The van der Waals surface area contributed by atoms with Crippen molar-refractivity contribution in [2.45, 2.75) is 45.4 Å². The lowest BCUT2D eigenvalue weighted by atomic mass is 10.0. The average molecular weight is 434 g/mol. The maximum Gasteiger partial charge on any atom is 0.311 e. The highest BCUT2D eigenvalue weighted by Gasteiger charge is 2.19. The lowest BCUT2D eigenvalue weighted by Gasteiger charge is -2.11. The van der Waals surface area contributed by atoms with Crippen LogP contribution in [0.2, 0.25) is 0 Å². The molecular formula is C25H23NO4S. The first-order chi connectivity index (χ1) is 15.1. The fourth-order valence-corrected chi connectivity index (χ4v) is 5.33. The Morgan fingerprint density at radius 3 is 2.81 bits per heavy atom. The summed E-state index contributed by atoms with van der Waals surface area (Å²) in [5, 5.41) is 1.09. The van der Waals surface area contributed by atoms with Gasteiger partial charge in [0.1, 0.15) is 22.6 Å². The van der Waals surface area contributed by atoms with E-state index in [1.54, 1.807) is 12.1 Å². The SMILES string of the molecule is Cc1c(OC(=O)CCC2CCCC2)ccc2c(=O)c(-c3nc4ccccc4s3)coc12. The van der Waals surface area contributed by atoms with Gasteiger partial charge in [-0.25, -0.2) is 4.98 Å². The van der Waals surface area contributed by atoms with E-state index < -0.39 is 0 Å². The Balaban J connectivity index is 1.42. The topological polar surface area (TPSA) is 69.4 Å². The highest BCUT2D eigenvalue weighted by molar-refractivity contribution is 7.21. The second-order valence-corrected chi connectivity index (χ2v) is 9.22. The van der Waals surface area contributed by atoms with Gasteiger partial charge in [0.25, 0.3) is 0 Å². The van der Waals surface area contributed by atoms with E-state index in [1.807, 2.05) is 31.2 Å². The predicted molar refractivity (Wildman–Crippen MR) is 123 cm³/mol. The van der Waals surface area contributed by atoms with E-state index in [2.05, 4.69) is 4.98 Å². The Kier molecular flexibility index (Phi) is 5.32. The van der Waals surface area contributed by atoms with Crippen molar-refractivity contribution < 1.29 is 13.9 Å². The van der Waals surface area contributed by atoms with E-state index in [0.717, 1.165) is 16.6 Å².